The van der Waals surface area contributed by atoms with Gasteiger partial charge in [0, 0.05) is 6.54 Å². The Morgan fingerprint density at radius 3 is 2.12 bits per heavy atom. The lowest BCUT2D eigenvalue weighted by Gasteiger charge is -2.46. The van der Waals surface area contributed by atoms with Crippen molar-refractivity contribution in [2.24, 2.45) is 0 Å². The molecule has 1 rings (SSSR count). The second-order valence-electron chi connectivity index (χ2n) is 8.64. The van der Waals surface area contributed by atoms with Gasteiger partial charge in [0.25, 0.3) is 0 Å². The number of carbonyl (C=O) groups is 1. The number of hydrogen-bond donors (Lipinski definition) is 1. The number of benzene rings is 1. The van der Waals surface area contributed by atoms with Crippen molar-refractivity contribution in [3.63, 3.8) is 0 Å². The van der Waals surface area contributed by atoms with Crippen LogP contribution in [0.15, 0.2) is 30.3 Å². The molecule has 0 aliphatic heterocycles. The Balaban J connectivity index is 3.15. The SMILES string of the molecule is CC(Cl)C(=O)N(Cc1ccccc1)[C@](C)(O)[C@@H](C)O[Si](C)(C)C(C)(C)C. The van der Waals surface area contributed by atoms with Crippen LogP contribution in [-0.4, -0.2) is 41.4 Å². The van der Waals surface area contributed by atoms with E-state index in [4.69, 9.17) is 16.0 Å². The first kappa shape index (κ1) is 23.2. The van der Waals surface area contributed by atoms with E-state index in [1.807, 2.05) is 37.3 Å². The lowest BCUT2D eigenvalue weighted by Crippen LogP contribution is -2.60. The van der Waals surface area contributed by atoms with Crippen molar-refractivity contribution in [2.75, 3.05) is 0 Å². The number of hydrogen-bond acceptors (Lipinski definition) is 3. The first-order chi connectivity index (χ1) is 11.7. The van der Waals surface area contributed by atoms with Crippen LogP contribution in [0.4, 0.5) is 0 Å². The molecule has 1 N–H and O–H groups in total. The van der Waals surface area contributed by atoms with Crippen LogP contribution in [0.3, 0.4) is 0 Å². The van der Waals surface area contributed by atoms with Crippen LogP contribution in [0.25, 0.3) is 0 Å². The first-order valence-electron chi connectivity index (χ1n) is 9.10. The molecule has 3 atom stereocenters. The molecule has 0 saturated heterocycles. The third-order valence-corrected chi connectivity index (χ3v) is 10.1. The highest BCUT2D eigenvalue weighted by Crippen LogP contribution is 2.39. The van der Waals surface area contributed by atoms with Crippen molar-refractivity contribution in [2.45, 2.75) is 83.4 Å². The molecule has 1 aromatic rings. The highest BCUT2D eigenvalue weighted by Gasteiger charge is 2.46. The van der Waals surface area contributed by atoms with Gasteiger partial charge in [-0.1, -0.05) is 51.1 Å². The molecule has 1 unspecified atom stereocenters. The molecule has 1 amide bonds. The molecule has 148 valence electrons. The number of alkyl halides is 1. The summed E-state index contributed by atoms with van der Waals surface area (Å²) < 4.78 is 6.37. The Labute approximate surface area is 164 Å². The lowest BCUT2D eigenvalue weighted by molar-refractivity contribution is -0.179. The Hall–Kier alpha value is -0.883. The van der Waals surface area contributed by atoms with Gasteiger partial charge in [0.05, 0.1) is 6.10 Å². The summed E-state index contributed by atoms with van der Waals surface area (Å²) in [5, 5.41) is 10.6. The van der Waals surface area contributed by atoms with Crippen LogP contribution in [-0.2, 0) is 15.8 Å². The van der Waals surface area contributed by atoms with Crippen LogP contribution in [0.2, 0.25) is 18.1 Å². The van der Waals surface area contributed by atoms with Crippen LogP contribution < -0.4 is 0 Å². The minimum Gasteiger partial charge on any atom is -0.409 e. The van der Waals surface area contributed by atoms with Crippen molar-refractivity contribution in [1.29, 1.82) is 0 Å². The molecule has 0 aliphatic carbocycles. The summed E-state index contributed by atoms with van der Waals surface area (Å²) in [7, 11) is -2.11. The monoisotopic (exact) mass is 399 g/mol. The van der Waals surface area contributed by atoms with Gasteiger partial charge in [-0.25, -0.2) is 0 Å². The van der Waals surface area contributed by atoms with E-state index < -0.39 is 25.5 Å². The topological polar surface area (TPSA) is 49.8 Å². The second-order valence-corrected chi connectivity index (χ2v) is 14.1. The van der Waals surface area contributed by atoms with E-state index in [1.165, 1.54) is 4.90 Å². The van der Waals surface area contributed by atoms with Crippen LogP contribution in [0.5, 0.6) is 0 Å². The fourth-order valence-electron chi connectivity index (χ4n) is 2.39. The Kier molecular flexibility index (Phi) is 7.50. The number of amides is 1. The molecule has 0 aliphatic rings. The average molecular weight is 400 g/mol. The van der Waals surface area contributed by atoms with Gasteiger partial charge in [-0.15, -0.1) is 11.6 Å². The zero-order valence-electron chi connectivity index (χ0n) is 17.3. The maximum Gasteiger partial charge on any atom is 0.242 e. The molecule has 0 heterocycles. The Bertz CT molecular complexity index is 597. The van der Waals surface area contributed by atoms with Gasteiger partial charge in [-0.05, 0) is 44.5 Å². The summed E-state index contributed by atoms with van der Waals surface area (Å²) in [6, 6.07) is 9.59. The van der Waals surface area contributed by atoms with E-state index in [1.54, 1.807) is 13.8 Å². The fraction of sp³-hybridized carbons (Fsp3) is 0.650. The molecule has 4 nitrogen and oxygen atoms in total. The number of nitrogens with zero attached hydrogens (tertiary/aromatic N) is 1. The van der Waals surface area contributed by atoms with Crippen LogP contribution in [0.1, 0.15) is 47.1 Å². The highest BCUT2D eigenvalue weighted by atomic mass is 35.5. The summed E-state index contributed by atoms with van der Waals surface area (Å²) in [4.78, 5) is 14.2. The predicted molar refractivity (Wildman–Crippen MR) is 111 cm³/mol. The van der Waals surface area contributed by atoms with Gasteiger partial charge in [0.15, 0.2) is 14.0 Å². The predicted octanol–water partition coefficient (Wildman–Crippen LogP) is 4.76. The van der Waals surface area contributed by atoms with E-state index in [0.29, 0.717) is 0 Å². The quantitative estimate of drug-likeness (QED) is 0.408. The van der Waals surface area contributed by atoms with E-state index in [0.717, 1.165) is 5.56 Å². The molecular weight excluding hydrogens is 366 g/mol. The minimum atomic E-state index is -2.11. The van der Waals surface area contributed by atoms with E-state index in [-0.39, 0.29) is 17.5 Å². The highest BCUT2D eigenvalue weighted by molar-refractivity contribution is 6.74. The van der Waals surface area contributed by atoms with Gasteiger partial charge in [-0.2, -0.15) is 0 Å². The van der Waals surface area contributed by atoms with Gasteiger partial charge in [0.2, 0.25) is 5.91 Å². The molecule has 26 heavy (non-hydrogen) atoms. The van der Waals surface area contributed by atoms with Crippen molar-refractivity contribution >= 4 is 25.8 Å². The summed E-state index contributed by atoms with van der Waals surface area (Å²) >= 11 is 6.07. The average Bonchev–Trinajstić information content (AvgIpc) is 2.51. The van der Waals surface area contributed by atoms with Crippen LogP contribution >= 0.6 is 11.6 Å². The maximum absolute atomic E-state index is 12.8. The van der Waals surface area contributed by atoms with Gasteiger partial charge in [-0.3, -0.25) is 4.79 Å². The number of aliphatic hydroxyl groups is 1. The summed E-state index contributed by atoms with van der Waals surface area (Å²) in [6.07, 6.45) is -0.550. The van der Waals surface area contributed by atoms with E-state index >= 15 is 0 Å². The van der Waals surface area contributed by atoms with E-state index in [2.05, 4.69) is 33.9 Å². The van der Waals surface area contributed by atoms with Crippen molar-refractivity contribution < 1.29 is 14.3 Å². The second kappa shape index (κ2) is 8.42. The summed E-state index contributed by atoms with van der Waals surface area (Å²) in [5.74, 6) is -0.314. The number of halogens is 1. The smallest absolute Gasteiger partial charge is 0.242 e. The van der Waals surface area contributed by atoms with Crippen molar-refractivity contribution in [3.8, 4) is 0 Å². The Morgan fingerprint density at radius 1 is 1.19 bits per heavy atom. The van der Waals surface area contributed by atoms with Crippen molar-refractivity contribution in [1.82, 2.24) is 4.90 Å². The fourth-order valence-corrected chi connectivity index (χ4v) is 3.97. The summed E-state index contributed by atoms with van der Waals surface area (Å²) in [5.41, 5.74) is -0.552. The standard InChI is InChI=1S/C20H34ClNO3Si/c1-15(21)18(23)22(14-17-12-10-9-11-13-17)20(6,24)16(2)25-26(7,8)19(3,4)5/h9-13,15-16,24H,14H2,1-8H3/t15?,16-,20-/m1/s1. The molecule has 0 aromatic heterocycles. The molecule has 6 heteroatoms. The molecule has 0 fully saturated rings. The molecule has 1 aromatic carbocycles. The molecule has 0 spiro atoms. The van der Waals surface area contributed by atoms with Gasteiger partial charge < -0.3 is 14.4 Å². The normalized spacial score (nSPS) is 17.3. The van der Waals surface area contributed by atoms with Gasteiger partial charge >= 0.3 is 0 Å². The third-order valence-electron chi connectivity index (χ3n) is 5.38. The number of carbonyl (C=O) groups excluding carboxylic acids is 1. The Morgan fingerprint density at radius 2 is 1.69 bits per heavy atom. The third kappa shape index (κ3) is 5.56. The first-order valence-corrected chi connectivity index (χ1v) is 12.4. The summed E-state index contributed by atoms with van der Waals surface area (Å²) in [6.45, 7) is 16.1. The number of rotatable bonds is 7. The largest absolute Gasteiger partial charge is 0.409 e. The lowest BCUT2D eigenvalue weighted by atomic mass is 10.1. The minimum absolute atomic E-state index is 0.00534. The van der Waals surface area contributed by atoms with Gasteiger partial charge in [0.1, 0.15) is 5.38 Å². The molecule has 0 bridgehead atoms. The zero-order valence-corrected chi connectivity index (χ0v) is 19.1. The van der Waals surface area contributed by atoms with Crippen molar-refractivity contribution in [3.05, 3.63) is 35.9 Å². The maximum atomic E-state index is 12.8. The molecular formula is C20H34ClNO3Si. The van der Waals surface area contributed by atoms with Crippen LogP contribution in [0, 0.1) is 0 Å². The zero-order chi connectivity index (χ0) is 20.3. The van der Waals surface area contributed by atoms with E-state index in [9.17, 15) is 9.90 Å². The molecule has 0 radical (unpaired) electrons. The molecule has 0 saturated carbocycles.